The molecule has 1 aromatic rings. The normalized spacial score (nSPS) is 9.64. The van der Waals surface area contributed by atoms with Gasteiger partial charge in [-0.05, 0) is 11.6 Å². The highest BCUT2D eigenvalue weighted by molar-refractivity contribution is 9.24. The lowest BCUT2D eigenvalue weighted by Crippen LogP contribution is -1.87. The van der Waals surface area contributed by atoms with Crippen LogP contribution in [0.2, 0.25) is 0 Å². The van der Waals surface area contributed by atoms with Gasteiger partial charge in [0, 0.05) is 12.4 Å². The topological polar surface area (TPSA) is 36.7 Å². The Morgan fingerprint density at radius 2 is 2.27 bits per heavy atom. The largest absolute Gasteiger partial charge is 0.263 e. The van der Waals surface area contributed by atoms with Gasteiger partial charge < -0.3 is 0 Å². The van der Waals surface area contributed by atoms with Gasteiger partial charge in [-0.25, -0.2) is 0 Å². The molecule has 0 saturated heterocycles. The number of rotatable bonds is 1. The Balaban J connectivity index is 3.15. The fourth-order valence-electron chi connectivity index (χ4n) is 0.689. The molecule has 0 aliphatic rings. The zero-order chi connectivity index (χ0) is 8.27. The number of nitriles is 1. The monoisotopic (exact) mass is 274 g/mol. The van der Waals surface area contributed by atoms with E-state index in [1.165, 1.54) is 0 Å². The first-order valence-corrected chi connectivity index (χ1v) is 4.71. The van der Waals surface area contributed by atoms with Crippen LogP contribution >= 0.6 is 31.9 Å². The van der Waals surface area contributed by atoms with Gasteiger partial charge in [-0.15, -0.1) is 0 Å². The second-order valence-electron chi connectivity index (χ2n) is 1.88. The summed E-state index contributed by atoms with van der Waals surface area (Å²) in [6.45, 7) is 0. The molecule has 0 saturated carbocycles. The van der Waals surface area contributed by atoms with Gasteiger partial charge in [-0.2, -0.15) is 5.26 Å². The van der Waals surface area contributed by atoms with Gasteiger partial charge in [0.1, 0.15) is 6.07 Å². The number of nitrogens with zero attached hydrogens (tertiary/aromatic N) is 2. The van der Waals surface area contributed by atoms with Crippen LogP contribution in [0.5, 0.6) is 0 Å². The smallest absolute Gasteiger partial charge is 0.101 e. The fraction of sp³-hybridized carbons (Fsp3) is 0.143. The molecule has 1 rings (SSSR count). The highest BCUT2D eigenvalue weighted by Gasteiger charge is 2.07. The summed E-state index contributed by atoms with van der Waals surface area (Å²) in [6.07, 6.45) is 3.20. The van der Waals surface area contributed by atoms with Crippen molar-refractivity contribution in [3.05, 3.63) is 29.6 Å². The Hall–Kier alpha value is -0.400. The van der Waals surface area contributed by atoms with Crippen LogP contribution in [0.25, 0.3) is 0 Å². The standard InChI is InChI=1S/C7H4Br2N2/c8-7(9)6-1-2-11-4-5(6)3-10/h1-2,4,7H. The zero-order valence-electron chi connectivity index (χ0n) is 5.46. The van der Waals surface area contributed by atoms with E-state index in [1.54, 1.807) is 18.5 Å². The van der Waals surface area contributed by atoms with Gasteiger partial charge in [0.25, 0.3) is 0 Å². The number of hydrogen-bond donors (Lipinski definition) is 0. The third-order valence-electron chi connectivity index (χ3n) is 1.21. The second-order valence-corrected chi connectivity index (χ2v) is 4.94. The fourth-order valence-corrected chi connectivity index (χ4v) is 1.49. The summed E-state index contributed by atoms with van der Waals surface area (Å²) in [5.41, 5.74) is 1.49. The lowest BCUT2D eigenvalue weighted by Gasteiger charge is -2.01. The number of halogens is 2. The zero-order valence-corrected chi connectivity index (χ0v) is 8.63. The van der Waals surface area contributed by atoms with E-state index >= 15 is 0 Å². The average Bonchev–Trinajstić information content (AvgIpc) is 2.04. The molecule has 0 N–H and O–H groups in total. The molecule has 0 amide bonds. The van der Waals surface area contributed by atoms with E-state index in [9.17, 15) is 0 Å². The molecule has 11 heavy (non-hydrogen) atoms. The lowest BCUT2D eigenvalue weighted by atomic mass is 10.2. The highest BCUT2D eigenvalue weighted by atomic mass is 79.9. The van der Waals surface area contributed by atoms with Crippen LogP contribution in [0, 0.1) is 11.3 Å². The summed E-state index contributed by atoms with van der Waals surface area (Å²) in [5.74, 6) is 0. The van der Waals surface area contributed by atoms with Crippen molar-refractivity contribution in [2.75, 3.05) is 0 Å². The first-order chi connectivity index (χ1) is 5.25. The summed E-state index contributed by atoms with van der Waals surface area (Å²) in [5, 5.41) is 8.64. The summed E-state index contributed by atoms with van der Waals surface area (Å²) in [7, 11) is 0. The predicted octanol–water partition coefficient (Wildman–Crippen LogP) is 2.74. The summed E-state index contributed by atoms with van der Waals surface area (Å²) in [6, 6.07) is 3.85. The van der Waals surface area contributed by atoms with E-state index in [4.69, 9.17) is 5.26 Å². The van der Waals surface area contributed by atoms with Crippen molar-refractivity contribution in [1.29, 1.82) is 5.26 Å². The van der Waals surface area contributed by atoms with E-state index in [-0.39, 0.29) is 3.74 Å². The number of hydrogen-bond acceptors (Lipinski definition) is 2. The molecule has 0 bridgehead atoms. The minimum Gasteiger partial charge on any atom is -0.263 e. The lowest BCUT2D eigenvalue weighted by molar-refractivity contribution is 1.24. The van der Waals surface area contributed by atoms with E-state index in [2.05, 4.69) is 42.9 Å². The number of alkyl halides is 2. The summed E-state index contributed by atoms with van der Waals surface area (Å²) in [4.78, 5) is 3.83. The quantitative estimate of drug-likeness (QED) is 0.739. The molecule has 0 fully saturated rings. The molecule has 0 aliphatic carbocycles. The Kier molecular flexibility index (Phi) is 3.03. The second kappa shape index (κ2) is 3.84. The van der Waals surface area contributed by atoms with Crippen LogP contribution in [-0.2, 0) is 0 Å². The molecule has 0 aromatic carbocycles. The SMILES string of the molecule is N#Cc1cnccc1C(Br)Br. The highest BCUT2D eigenvalue weighted by Crippen LogP contribution is 2.30. The van der Waals surface area contributed by atoms with Gasteiger partial charge in [-0.1, -0.05) is 31.9 Å². The summed E-state index contributed by atoms with van der Waals surface area (Å²) >= 11 is 6.62. The van der Waals surface area contributed by atoms with Gasteiger partial charge in [-0.3, -0.25) is 4.98 Å². The molecule has 0 unspecified atom stereocenters. The van der Waals surface area contributed by atoms with Gasteiger partial charge in [0.15, 0.2) is 0 Å². The minimum absolute atomic E-state index is 0.0210. The molecule has 2 nitrogen and oxygen atoms in total. The molecule has 4 heteroatoms. The van der Waals surface area contributed by atoms with Crippen LogP contribution in [-0.4, -0.2) is 4.98 Å². The maximum atomic E-state index is 8.64. The van der Waals surface area contributed by atoms with E-state index in [1.807, 2.05) is 0 Å². The Morgan fingerprint density at radius 3 is 2.73 bits per heavy atom. The molecule has 0 atom stereocenters. The van der Waals surface area contributed by atoms with Crippen molar-refractivity contribution in [3.8, 4) is 6.07 Å². The molecule has 1 aromatic heterocycles. The van der Waals surface area contributed by atoms with Crippen molar-refractivity contribution < 1.29 is 0 Å². The minimum atomic E-state index is 0.0210. The van der Waals surface area contributed by atoms with Crippen molar-refractivity contribution in [3.63, 3.8) is 0 Å². The summed E-state index contributed by atoms with van der Waals surface area (Å²) < 4.78 is 0.0210. The van der Waals surface area contributed by atoms with E-state index in [0.717, 1.165) is 5.56 Å². The Labute approximate surface area is 81.5 Å². The Bertz CT molecular complexity index is 291. The van der Waals surface area contributed by atoms with Crippen molar-refractivity contribution >= 4 is 31.9 Å². The molecule has 56 valence electrons. The first kappa shape index (κ1) is 8.69. The predicted molar refractivity (Wildman–Crippen MR) is 49.5 cm³/mol. The molecule has 1 heterocycles. The van der Waals surface area contributed by atoms with Crippen molar-refractivity contribution in [2.24, 2.45) is 0 Å². The molecular formula is C7H4Br2N2. The molecule has 0 spiro atoms. The Morgan fingerprint density at radius 1 is 1.55 bits per heavy atom. The number of aromatic nitrogens is 1. The van der Waals surface area contributed by atoms with Gasteiger partial charge in [0.2, 0.25) is 0 Å². The third kappa shape index (κ3) is 2.01. The van der Waals surface area contributed by atoms with Crippen LogP contribution in [0.3, 0.4) is 0 Å². The van der Waals surface area contributed by atoms with Crippen molar-refractivity contribution in [2.45, 2.75) is 3.74 Å². The average molecular weight is 276 g/mol. The van der Waals surface area contributed by atoms with Crippen LogP contribution in [0.1, 0.15) is 14.9 Å². The van der Waals surface area contributed by atoms with Gasteiger partial charge in [0.05, 0.1) is 9.30 Å². The molecular weight excluding hydrogens is 272 g/mol. The third-order valence-corrected chi connectivity index (χ3v) is 2.20. The van der Waals surface area contributed by atoms with E-state index in [0.29, 0.717) is 5.56 Å². The van der Waals surface area contributed by atoms with Gasteiger partial charge >= 0.3 is 0 Å². The van der Waals surface area contributed by atoms with Crippen LogP contribution < -0.4 is 0 Å². The first-order valence-electron chi connectivity index (χ1n) is 2.88. The van der Waals surface area contributed by atoms with Crippen LogP contribution in [0.4, 0.5) is 0 Å². The maximum Gasteiger partial charge on any atom is 0.101 e. The molecule has 0 aliphatic heterocycles. The number of pyridine rings is 1. The van der Waals surface area contributed by atoms with E-state index < -0.39 is 0 Å². The van der Waals surface area contributed by atoms with Crippen LogP contribution in [0.15, 0.2) is 18.5 Å². The molecule has 0 radical (unpaired) electrons. The maximum absolute atomic E-state index is 8.64. The van der Waals surface area contributed by atoms with Crippen molar-refractivity contribution in [1.82, 2.24) is 4.98 Å².